The van der Waals surface area contributed by atoms with Crippen LogP contribution in [0.1, 0.15) is 5.56 Å². The van der Waals surface area contributed by atoms with Gasteiger partial charge in [0.2, 0.25) is 5.91 Å². The third-order valence-electron chi connectivity index (χ3n) is 2.96. The van der Waals surface area contributed by atoms with Crippen LogP contribution >= 0.6 is 23.2 Å². The Morgan fingerprint density at radius 2 is 1.67 bits per heavy atom. The molecule has 0 saturated heterocycles. The summed E-state index contributed by atoms with van der Waals surface area (Å²) in [5.41, 5.74) is 1.61. The van der Waals surface area contributed by atoms with Crippen LogP contribution in [0.2, 0.25) is 10.0 Å². The van der Waals surface area contributed by atoms with Crippen LogP contribution < -0.4 is 5.32 Å². The van der Waals surface area contributed by atoms with E-state index in [1.54, 1.807) is 12.1 Å². The fourth-order valence-electron chi connectivity index (χ4n) is 1.97. The quantitative estimate of drug-likeness (QED) is 0.900. The number of para-hydroxylation sites is 1. The first-order chi connectivity index (χ1) is 10.1. The number of likely N-dealkylation sites (N-methyl/N-ethyl adjacent to an activating group) is 1. The van der Waals surface area contributed by atoms with Crippen LogP contribution in [0.25, 0.3) is 0 Å². The van der Waals surface area contributed by atoms with Gasteiger partial charge in [-0.3, -0.25) is 9.69 Å². The normalized spacial score (nSPS) is 10.7. The van der Waals surface area contributed by atoms with E-state index in [0.29, 0.717) is 22.3 Å². The van der Waals surface area contributed by atoms with Crippen LogP contribution in [0.3, 0.4) is 0 Å². The van der Waals surface area contributed by atoms with Crippen LogP contribution in [0.15, 0.2) is 48.5 Å². The number of nitrogens with zero attached hydrogens (tertiary/aromatic N) is 1. The van der Waals surface area contributed by atoms with Crippen molar-refractivity contribution >= 4 is 34.8 Å². The van der Waals surface area contributed by atoms with E-state index in [2.05, 4.69) is 5.32 Å². The molecule has 1 amide bonds. The highest BCUT2D eigenvalue weighted by molar-refractivity contribution is 6.33. The largest absolute Gasteiger partial charge is 0.324 e. The van der Waals surface area contributed by atoms with Crippen molar-refractivity contribution in [2.24, 2.45) is 0 Å². The van der Waals surface area contributed by atoms with E-state index in [4.69, 9.17) is 23.2 Å². The van der Waals surface area contributed by atoms with Crippen molar-refractivity contribution in [1.29, 1.82) is 0 Å². The Balaban J connectivity index is 1.91. The van der Waals surface area contributed by atoms with Gasteiger partial charge in [-0.15, -0.1) is 0 Å². The second-order valence-electron chi connectivity index (χ2n) is 4.79. The molecule has 1 N–H and O–H groups in total. The van der Waals surface area contributed by atoms with E-state index in [9.17, 15) is 4.79 Å². The number of nitrogens with one attached hydrogen (secondary N) is 1. The molecule has 0 spiro atoms. The lowest BCUT2D eigenvalue weighted by Crippen LogP contribution is -2.30. The Morgan fingerprint density at radius 3 is 2.33 bits per heavy atom. The summed E-state index contributed by atoms with van der Waals surface area (Å²) in [5, 5.41) is 4.03. The highest BCUT2D eigenvalue weighted by Gasteiger charge is 2.10. The molecule has 0 unspecified atom stereocenters. The van der Waals surface area contributed by atoms with Gasteiger partial charge in [-0.05, 0) is 30.8 Å². The number of carbonyl (C=O) groups is 1. The number of amides is 1. The average molecular weight is 323 g/mol. The summed E-state index contributed by atoms with van der Waals surface area (Å²) in [6.07, 6.45) is 0. The van der Waals surface area contributed by atoms with Crippen LogP contribution in [-0.4, -0.2) is 24.4 Å². The Labute approximate surface area is 134 Å². The zero-order valence-electron chi connectivity index (χ0n) is 11.6. The highest BCUT2D eigenvalue weighted by atomic mass is 35.5. The van der Waals surface area contributed by atoms with Crippen molar-refractivity contribution in [1.82, 2.24) is 4.90 Å². The molecule has 0 aliphatic heterocycles. The Hall–Kier alpha value is -1.55. The van der Waals surface area contributed by atoms with E-state index in [0.717, 1.165) is 5.56 Å². The molecule has 0 aliphatic rings. The Kier molecular flexibility index (Phi) is 5.62. The zero-order valence-corrected chi connectivity index (χ0v) is 13.2. The van der Waals surface area contributed by atoms with Gasteiger partial charge < -0.3 is 5.32 Å². The summed E-state index contributed by atoms with van der Waals surface area (Å²) in [4.78, 5) is 13.9. The predicted octanol–water partition coefficient (Wildman–Crippen LogP) is 4.06. The summed E-state index contributed by atoms with van der Waals surface area (Å²) in [5.74, 6) is -0.113. The van der Waals surface area contributed by atoms with Gasteiger partial charge in [-0.1, -0.05) is 53.5 Å². The smallest absolute Gasteiger partial charge is 0.238 e. The molecule has 5 heteroatoms. The number of benzene rings is 2. The maximum Gasteiger partial charge on any atom is 0.238 e. The minimum absolute atomic E-state index is 0.113. The summed E-state index contributed by atoms with van der Waals surface area (Å²) < 4.78 is 0. The number of hydrogen-bond donors (Lipinski definition) is 1. The molecule has 2 rings (SSSR count). The van der Waals surface area contributed by atoms with E-state index in [-0.39, 0.29) is 12.5 Å². The maximum atomic E-state index is 12.0. The average Bonchev–Trinajstić information content (AvgIpc) is 2.44. The van der Waals surface area contributed by atoms with Crippen molar-refractivity contribution in [3.8, 4) is 0 Å². The minimum atomic E-state index is -0.113. The molecule has 0 aliphatic carbocycles. The molecule has 3 nitrogen and oxygen atoms in total. The van der Waals surface area contributed by atoms with Crippen molar-refractivity contribution in [3.63, 3.8) is 0 Å². The maximum absolute atomic E-state index is 12.0. The van der Waals surface area contributed by atoms with Gasteiger partial charge >= 0.3 is 0 Å². The minimum Gasteiger partial charge on any atom is -0.324 e. The first kappa shape index (κ1) is 15.8. The van der Waals surface area contributed by atoms with Crippen LogP contribution in [0.5, 0.6) is 0 Å². The molecule has 21 heavy (non-hydrogen) atoms. The predicted molar refractivity (Wildman–Crippen MR) is 87.9 cm³/mol. The van der Waals surface area contributed by atoms with Crippen LogP contribution in [-0.2, 0) is 11.3 Å². The van der Waals surface area contributed by atoms with E-state index >= 15 is 0 Å². The van der Waals surface area contributed by atoms with E-state index in [1.807, 2.05) is 48.3 Å². The Morgan fingerprint density at radius 1 is 1.05 bits per heavy atom. The SMILES string of the molecule is CN(CC(=O)Nc1ccccc1Cl)Cc1ccccc1Cl. The van der Waals surface area contributed by atoms with Gasteiger partial charge in [0.25, 0.3) is 0 Å². The lowest BCUT2D eigenvalue weighted by molar-refractivity contribution is -0.117. The molecule has 0 saturated carbocycles. The number of carbonyl (C=O) groups excluding carboxylic acids is 1. The fourth-order valence-corrected chi connectivity index (χ4v) is 2.35. The standard InChI is InChI=1S/C16H16Cl2N2O/c1-20(10-12-6-2-3-7-13(12)17)11-16(21)19-15-9-5-4-8-14(15)18/h2-9H,10-11H2,1H3,(H,19,21). The second-order valence-corrected chi connectivity index (χ2v) is 5.61. The van der Waals surface area contributed by atoms with Gasteiger partial charge in [0.15, 0.2) is 0 Å². The molecular formula is C16H16Cl2N2O. The molecule has 0 aromatic heterocycles. The van der Waals surface area contributed by atoms with Crippen molar-refractivity contribution in [3.05, 3.63) is 64.1 Å². The summed E-state index contributed by atoms with van der Waals surface area (Å²) in [6.45, 7) is 0.867. The van der Waals surface area contributed by atoms with E-state index < -0.39 is 0 Å². The van der Waals surface area contributed by atoms with Gasteiger partial charge in [0.1, 0.15) is 0 Å². The van der Waals surface area contributed by atoms with Crippen molar-refractivity contribution in [2.45, 2.75) is 6.54 Å². The number of rotatable bonds is 5. The lowest BCUT2D eigenvalue weighted by atomic mass is 10.2. The summed E-state index contributed by atoms with van der Waals surface area (Å²) in [7, 11) is 1.87. The lowest BCUT2D eigenvalue weighted by Gasteiger charge is -2.17. The monoisotopic (exact) mass is 322 g/mol. The number of anilines is 1. The molecule has 2 aromatic rings. The van der Waals surface area contributed by atoms with Crippen molar-refractivity contribution < 1.29 is 4.79 Å². The molecular weight excluding hydrogens is 307 g/mol. The Bertz CT molecular complexity index is 631. The number of hydrogen-bond acceptors (Lipinski definition) is 2. The van der Waals surface area contributed by atoms with Gasteiger partial charge in [-0.2, -0.15) is 0 Å². The van der Waals surface area contributed by atoms with Gasteiger partial charge in [0.05, 0.1) is 17.3 Å². The first-order valence-electron chi connectivity index (χ1n) is 6.52. The van der Waals surface area contributed by atoms with Crippen LogP contribution in [0.4, 0.5) is 5.69 Å². The van der Waals surface area contributed by atoms with Crippen LogP contribution in [0, 0.1) is 0 Å². The van der Waals surface area contributed by atoms with Gasteiger partial charge in [0, 0.05) is 11.6 Å². The number of halogens is 2. The molecule has 110 valence electrons. The third kappa shape index (κ3) is 4.74. The van der Waals surface area contributed by atoms with E-state index in [1.165, 1.54) is 0 Å². The molecule has 0 radical (unpaired) electrons. The molecule has 0 heterocycles. The molecule has 0 bridgehead atoms. The first-order valence-corrected chi connectivity index (χ1v) is 7.28. The topological polar surface area (TPSA) is 32.3 Å². The second kappa shape index (κ2) is 7.46. The van der Waals surface area contributed by atoms with Gasteiger partial charge in [-0.25, -0.2) is 0 Å². The summed E-state index contributed by atoms with van der Waals surface area (Å²) >= 11 is 12.1. The molecule has 0 fully saturated rings. The van der Waals surface area contributed by atoms with Crippen molar-refractivity contribution in [2.75, 3.05) is 18.9 Å². The highest BCUT2D eigenvalue weighted by Crippen LogP contribution is 2.20. The molecule has 0 atom stereocenters. The molecule has 2 aromatic carbocycles. The zero-order chi connectivity index (χ0) is 15.2. The third-order valence-corrected chi connectivity index (χ3v) is 3.66. The summed E-state index contributed by atoms with van der Waals surface area (Å²) in [6, 6.07) is 14.8. The fraction of sp³-hybridized carbons (Fsp3) is 0.188.